The Bertz CT molecular complexity index is 421. The maximum Gasteiger partial charge on any atom is 0.423 e. The van der Waals surface area contributed by atoms with Gasteiger partial charge in [-0.2, -0.15) is 13.2 Å². The van der Waals surface area contributed by atoms with E-state index in [4.69, 9.17) is 11.6 Å². The fourth-order valence-corrected chi connectivity index (χ4v) is 1.54. The van der Waals surface area contributed by atoms with Crippen molar-refractivity contribution < 1.29 is 18.1 Å². The summed E-state index contributed by atoms with van der Waals surface area (Å²) in [4.78, 5) is 9.27. The van der Waals surface area contributed by atoms with E-state index in [9.17, 15) is 23.3 Å². The van der Waals surface area contributed by atoms with Crippen LogP contribution in [0.25, 0.3) is 0 Å². The third-order valence-corrected chi connectivity index (χ3v) is 3.06. The van der Waals surface area contributed by atoms with Crippen LogP contribution in [0.2, 0.25) is 5.02 Å². The van der Waals surface area contributed by atoms with Crippen LogP contribution in [-0.2, 0) is 6.18 Å². The highest BCUT2D eigenvalue weighted by molar-refractivity contribution is 14.1. The number of rotatable bonds is 1. The average Bonchev–Trinajstić information content (AvgIpc) is 2.06. The van der Waals surface area contributed by atoms with E-state index in [0.29, 0.717) is 12.1 Å². The lowest BCUT2D eigenvalue weighted by Gasteiger charge is -2.08. The fraction of sp³-hybridized carbons (Fsp3) is 0.143. The molecule has 1 aromatic carbocycles. The van der Waals surface area contributed by atoms with Crippen LogP contribution in [0, 0.1) is 13.7 Å². The number of halogens is 5. The number of hydrogen-bond donors (Lipinski definition) is 0. The Hall–Kier alpha value is -0.570. The average molecular weight is 351 g/mol. The molecule has 0 amide bonds. The molecular weight excluding hydrogens is 349 g/mol. The van der Waals surface area contributed by atoms with Crippen molar-refractivity contribution in [2.75, 3.05) is 0 Å². The van der Waals surface area contributed by atoms with E-state index < -0.39 is 22.4 Å². The van der Waals surface area contributed by atoms with Crippen LogP contribution in [0.4, 0.5) is 18.9 Å². The van der Waals surface area contributed by atoms with E-state index in [1.165, 1.54) is 0 Å². The van der Waals surface area contributed by atoms with Gasteiger partial charge in [-0.05, 0) is 28.7 Å². The molecule has 0 radical (unpaired) electrons. The summed E-state index contributed by atoms with van der Waals surface area (Å²) in [6, 6.07) is 1.35. The van der Waals surface area contributed by atoms with Gasteiger partial charge in [0.25, 0.3) is 5.69 Å². The molecule has 1 rings (SSSR count). The zero-order valence-electron chi connectivity index (χ0n) is 6.81. The quantitative estimate of drug-likeness (QED) is 0.438. The van der Waals surface area contributed by atoms with Gasteiger partial charge >= 0.3 is 6.18 Å². The molecule has 0 aromatic heterocycles. The smallest absolute Gasteiger partial charge is 0.258 e. The first-order valence-corrected chi connectivity index (χ1v) is 4.90. The number of alkyl halides is 3. The molecule has 0 bridgehead atoms. The molecule has 1 aromatic rings. The van der Waals surface area contributed by atoms with E-state index in [-0.39, 0.29) is 8.59 Å². The third kappa shape index (κ3) is 2.71. The first-order valence-electron chi connectivity index (χ1n) is 3.44. The van der Waals surface area contributed by atoms with Gasteiger partial charge in [-0.15, -0.1) is 0 Å². The van der Waals surface area contributed by atoms with Gasteiger partial charge < -0.3 is 0 Å². The normalized spacial score (nSPS) is 11.5. The lowest BCUT2D eigenvalue weighted by Crippen LogP contribution is -2.09. The van der Waals surface area contributed by atoms with Gasteiger partial charge in [0.05, 0.1) is 9.95 Å². The molecule has 0 aliphatic carbocycles. The van der Waals surface area contributed by atoms with Gasteiger partial charge in [0.15, 0.2) is 0 Å². The molecule has 8 heteroatoms. The summed E-state index contributed by atoms with van der Waals surface area (Å²) in [5.41, 5.74) is -2.32. The summed E-state index contributed by atoms with van der Waals surface area (Å²) >= 11 is 7.08. The maximum absolute atomic E-state index is 12.4. The summed E-state index contributed by atoms with van der Waals surface area (Å²) in [7, 11) is 0. The van der Waals surface area contributed by atoms with Gasteiger partial charge in [0, 0.05) is 9.64 Å². The van der Waals surface area contributed by atoms with E-state index in [1.807, 2.05) is 0 Å². The Morgan fingerprint density at radius 1 is 1.40 bits per heavy atom. The molecule has 0 saturated carbocycles. The first-order chi connectivity index (χ1) is 6.73. The van der Waals surface area contributed by atoms with E-state index in [0.717, 1.165) is 0 Å². The monoisotopic (exact) mass is 351 g/mol. The Kier molecular flexibility index (Phi) is 3.44. The lowest BCUT2D eigenvalue weighted by atomic mass is 10.2. The second-order valence-corrected chi connectivity index (χ2v) is 4.11. The summed E-state index contributed by atoms with van der Waals surface area (Å²) < 4.78 is 37.2. The van der Waals surface area contributed by atoms with Crippen molar-refractivity contribution in [3.8, 4) is 0 Å². The molecule has 0 N–H and O–H groups in total. The molecule has 0 atom stereocenters. The molecule has 0 heterocycles. The Morgan fingerprint density at radius 2 is 1.93 bits per heavy atom. The molecular formula is C7H2ClF3INO2. The number of hydrogen-bond acceptors (Lipinski definition) is 2. The van der Waals surface area contributed by atoms with Crippen molar-refractivity contribution in [2.24, 2.45) is 0 Å². The second kappa shape index (κ2) is 4.12. The molecule has 0 fully saturated rings. The Balaban J connectivity index is 3.49. The SMILES string of the molecule is O=[N+]([O-])c1cc(Cl)c(I)cc1C(F)(F)F. The molecule has 0 unspecified atom stereocenters. The minimum Gasteiger partial charge on any atom is -0.258 e. The Morgan fingerprint density at radius 3 is 2.33 bits per heavy atom. The van der Waals surface area contributed by atoms with Gasteiger partial charge in [-0.25, -0.2) is 0 Å². The third-order valence-electron chi connectivity index (χ3n) is 1.54. The second-order valence-electron chi connectivity index (χ2n) is 2.54. The highest BCUT2D eigenvalue weighted by atomic mass is 127. The van der Waals surface area contributed by atoms with E-state index in [2.05, 4.69) is 0 Å². The van der Waals surface area contributed by atoms with Crippen LogP contribution in [0.5, 0.6) is 0 Å². The predicted molar refractivity (Wildman–Crippen MR) is 55.8 cm³/mol. The molecule has 0 aliphatic heterocycles. The number of nitro benzene ring substituents is 1. The molecule has 0 saturated heterocycles. The van der Waals surface area contributed by atoms with Crippen molar-refractivity contribution in [3.05, 3.63) is 36.4 Å². The van der Waals surface area contributed by atoms with E-state index >= 15 is 0 Å². The zero-order chi connectivity index (χ0) is 11.8. The number of benzene rings is 1. The van der Waals surface area contributed by atoms with Crippen molar-refractivity contribution >= 4 is 39.9 Å². The molecule has 0 spiro atoms. The minimum atomic E-state index is -4.76. The summed E-state index contributed by atoms with van der Waals surface area (Å²) in [5.74, 6) is 0. The van der Waals surface area contributed by atoms with Gasteiger partial charge in [-0.3, -0.25) is 10.1 Å². The first kappa shape index (κ1) is 12.5. The molecule has 82 valence electrons. The predicted octanol–water partition coefficient (Wildman–Crippen LogP) is 3.87. The largest absolute Gasteiger partial charge is 0.423 e. The highest BCUT2D eigenvalue weighted by Gasteiger charge is 2.38. The lowest BCUT2D eigenvalue weighted by molar-refractivity contribution is -0.388. The standard InChI is InChI=1S/C7H2ClF3INO2/c8-4-2-6(13(14)15)3(1-5(4)12)7(9,10)11/h1-2H. The van der Waals surface area contributed by atoms with Crippen LogP contribution < -0.4 is 0 Å². The van der Waals surface area contributed by atoms with Crippen molar-refractivity contribution in [1.29, 1.82) is 0 Å². The molecule has 0 aliphatic rings. The maximum atomic E-state index is 12.4. The topological polar surface area (TPSA) is 43.1 Å². The number of nitro groups is 1. The fourth-order valence-electron chi connectivity index (χ4n) is 0.914. The Labute approximate surface area is 101 Å². The summed E-state index contributed by atoms with van der Waals surface area (Å²) in [5, 5.41) is 10.3. The van der Waals surface area contributed by atoms with Crippen LogP contribution in [0.15, 0.2) is 12.1 Å². The highest BCUT2D eigenvalue weighted by Crippen LogP contribution is 2.39. The van der Waals surface area contributed by atoms with Crippen LogP contribution in [-0.4, -0.2) is 4.92 Å². The van der Waals surface area contributed by atoms with Crippen molar-refractivity contribution in [1.82, 2.24) is 0 Å². The summed E-state index contributed by atoms with van der Waals surface area (Å²) in [6.45, 7) is 0. The zero-order valence-corrected chi connectivity index (χ0v) is 9.72. The minimum absolute atomic E-state index is 0.0738. The van der Waals surface area contributed by atoms with Crippen LogP contribution in [0.1, 0.15) is 5.56 Å². The van der Waals surface area contributed by atoms with Crippen LogP contribution >= 0.6 is 34.2 Å². The number of nitrogens with zero attached hydrogens (tertiary/aromatic N) is 1. The van der Waals surface area contributed by atoms with Crippen molar-refractivity contribution in [3.63, 3.8) is 0 Å². The van der Waals surface area contributed by atoms with E-state index in [1.54, 1.807) is 22.6 Å². The summed E-state index contributed by atoms with van der Waals surface area (Å²) in [6.07, 6.45) is -4.76. The van der Waals surface area contributed by atoms with Crippen LogP contribution in [0.3, 0.4) is 0 Å². The molecule has 15 heavy (non-hydrogen) atoms. The van der Waals surface area contributed by atoms with Gasteiger partial charge in [0.2, 0.25) is 0 Å². The van der Waals surface area contributed by atoms with Gasteiger partial charge in [-0.1, -0.05) is 11.6 Å². The van der Waals surface area contributed by atoms with Gasteiger partial charge in [0.1, 0.15) is 5.56 Å². The molecule has 3 nitrogen and oxygen atoms in total. The van der Waals surface area contributed by atoms with Crippen molar-refractivity contribution in [2.45, 2.75) is 6.18 Å².